The van der Waals surface area contributed by atoms with Gasteiger partial charge in [-0.1, -0.05) is 112 Å². The number of nitrogens with one attached hydrogen (secondary N) is 5. The summed E-state index contributed by atoms with van der Waals surface area (Å²) in [6.07, 6.45) is 35.9. The number of aryl methyl sites for hydroxylation is 4. The average molecular weight is 1770 g/mol. The Kier molecular flexibility index (Phi) is 29.3. The fourth-order valence-electron chi connectivity index (χ4n) is 20.0. The lowest BCUT2D eigenvalue weighted by molar-refractivity contribution is -0.401. The minimum absolute atomic E-state index is 0.0134. The van der Waals surface area contributed by atoms with E-state index >= 15 is 0 Å². The number of hydrogen-bond donors (Lipinski definition) is 7. The van der Waals surface area contributed by atoms with Crippen molar-refractivity contribution in [3.05, 3.63) is 226 Å². The molecule has 0 saturated heterocycles. The zero-order chi connectivity index (χ0) is 90.9. The van der Waals surface area contributed by atoms with E-state index in [0.29, 0.717) is 93.3 Å². The third-order valence-electron chi connectivity index (χ3n) is 27.3. The summed E-state index contributed by atoms with van der Waals surface area (Å²) in [5, 5.41) is 18.9. The quantitative estimate of drug-likeness (QED) is 0.00679. The Morgan fingerprint density at radius 1 is 0.512 bits per heavy atom. The summed E-state index contributed by atoms with van der Waals surface area (Å²) in [6.45, 7) is 25.3. The first-order chi connectivity index (χ1) is 60.5. The van der Waals surface area contributed by atoms with E-state index < -0.39 is 43.3 Å². The number of nitrogens with zero attached hydrogens (tertiary/aromatic N) is 6. The van der Waals surface area contributed by atoms with Crippen molar-refractivity contribution >= 4 is 84.3 Å². The molecule has 5 unspecified atom stereocenters. The number of alkyl carbamates (subject to hydrolysis) is 2. The van der Waals surface area contributed by atoms with Crippen LogP contribution in [-0.4, -0.2) is 160 Å². The van der Waals surface area contributed by atoms with E-state index in [0.717, 1.165) is 148 Å². The van der Waals surface area contributed by atoms with Gasteiger partial charge in [0.05, 0.1) is 45.2 Å². The van der Waals surface area contributed by atoms with Crippen LogP contribution in [-0.2, 0) is 73.8 Å². The largest absolute Gasteiger partial charge is 0.449 e. The monoisotopic (exact) mass is 1770 g/mol. The maximum Gasteiger partial charge on any atom is 0.407 e. The molecule has 24 nitrogen and oxygen atoms in total. The van der Waals surface area contributed by atoms with Gasteiger partial charge in [0.25, 0.3) is 26.1 Å². The number of hydrogen-bond acceptors (Lipinski definition) is 14. The second-order valence-electron chi connectivity index (χ2n) is 37.2. The van der Waals surface area contributed by atoms with Gasteiger partial charge in [0.1, 0.15) is 14.1 Å². The first kappa shape index (κ1) is 93.7. The van der Waals surface area contributed by atoms with Crippen LogP contribution in [0.2, 0.25) is 0 Å². The molecule has 5 atom stereocenters. The third-order valence-corrected chi connectivity index (χ3v) is 29.0. The fraction of sp³-hybridized carbons (Fsp3) is 0.465. The topological polar surface area (TPSA) is 303 Å². The summed E-state index contributed by atoms with van der Waals surface area (Å²) in [4.78, 5) is 66.6. The second-order valence-corrected chi connectivity index (χ2v) is 40.0. The molecule has 0 radical (unpaired) electrons. The van der Waals surface area contributed by atoms with Gasteiger partial charge in [0.2, 0.25) is 23.2 Å². The molecule has 0 spiro atoms. The molecule has 5 aromatic carbocycles. The minimum Gasteiger partial charge on any atom is -0.449 e. The van der Waals surface area contributed by atoms with Gasteiger partial charge in [-0.2, -0.15) is 31.1 Å². The molecule has 6 aromatic rings. The Morgan fingerprint density at radius 3 is 1.39 bits per heavy atom. The molecule has 8 aliphatic rings. The number of amides is 5. The molecule has 0 bridgehead atoms. The van der Waals surface area contributed by atoms with Crippen LogP contribution in [0.4, 0.5) is 32.3 Å². The van der Waals surface area contributed by atoms with E-state index in [1.165, 1.54) is 62.7 Å². The maximum atomic E-state index is 12.7. The number of allylic oxidation sites excluding steroid dienone is 12. The predicted molar refractivity (Wildman–Crippen MR) is 499 cm³/mol. The molecule has 14 rings (SSSR count). The molecule has 5 heterocycles. The van der Waals surface area contributed by atoms with Crippen molar-refractivity contribution in [2.24, 2.45) is 35.5 Å². The second kappa shape index (κ2) is 39.7. The number of fused-ring (bicyclic) bond motifs is 7. The molecule has 127 heavy (non-hydrogen) atoms. The van der Waals surface area contributed by atoms with E-state index in [4.69, 9.17) is 14.6 Å². The lowest BCUT2D eigenvalue weighted by Gasteiger charge is -2.27. The molecule has 4 aliphatic heterocycles. The van der Waals surface area contributed by atoms with Crippen molar-refractivity contribution in [3.63, 3.8) is 0 Å². The number of carbonyl (C=O) groups excluding carboxylic acids is 5. The highest BCUT2D eigenvalue weighted by Crippen LogP contribution is 2.55. The minimum atomic E-state index is -4.32. The van der Waals surface area contributed by atoms with Crippen molar-refractivity contribution in [2.45, 2.75) is 203 Å². The van der Waals surface area contributed by atoms with Crippen molar-refractivity contribution < 1.29 is 68.5 Å². The molecule has 5 amide bonds. The molecular formula is C101H127N11O13S2+2. The third kappa shape index (κ3) is 21.7. The van der Waals surface area contributed by atoms with Gasteiger partial charge in [-0.15, -0.1) is 11.8 Å². The highest BCUT2D eigenvalue weighted by molar-refractivity contribution is 7.86. The Hall–Kier alpha value is -11.0. The van der Waals surface area contributed by atoms with Gasteiger partial charge >= 0.3 is 12.2 Å². The molecule has 4 aliphatic carbocycles. The van der Waals surface area contributed by atoms with Gasteiger partial charge in [-0.25, -0.2) is 14.3 Å². The number of benzene rings is 5. The average Bonchev–Trinajstić information content (AvgIpc) is 1.60. The van der Waals surface area contributed by atoms with Crippen LogP contribution < -0.4 is 36.4 Å². The Morgan fingerprint density at radius 2 is 0.945 bits per heavy atom. The number of aromatic nitrogens is 2. The summed E-state index contributed by atoms with van der Waals surface area (Å²) >= 11 is 0. The SMILES string of the molecule is CNC(=O)c1ccc(-n2cc3c(n2)CCC2C(CC3)C2COC(=O)NCCNC(=O)CCCCCN2C(=CC=CC=CC3=[N+](C)c4ccc(S(=O)(=O)O)cc4C3(C)C)C(C)(C)c3cc(C)ccc32)cc1.Cc1ccc2c(c1)C(C)(C)C(=CC=CC=CC1=[N+](C)c3ccc(S(=O)(=O)O)cc3C1(C)C)N2CCCCCC(=O)NCCNC(=O)OCC1C2CCC#CCCC21. The van der Waals surface area contributed by atoms with Crippen molar-refractivity contribution in [2.75, 3.05) is 83.4 Å². The van der Waals surface area contributed by atoms with Gasteiger partial charge in [0, 0.05) is 153 Å². The first-order valence-corrected chi connectivity index (χ1v) is 47.9. The molecular weight excluding hydrogens is 1640 g/mol. The van der Waals surface area contributed by atoms with Crippen LogP contribution in [0.15, 0.2) is 185 Å². The lowest BCUT2D eigenvalue weighted by Crippen LogP contribution is -2.35. The zero-order valence-corrected chi connectivity index (χ0v) is 77.5. The number of carbonyl (C=O) groups is 5. The van der Waals surface area contributed by atoms with E-state index in [1.54, 1.807) is 31.3 Å². The summed E-state index contributed by atoms with van der Waals surface area (Å²) in [7, 11) is -3.07. The summed E-state index contributed by atoms with van der Waals surface area (Å²) < 4.78 is 83.8. The van der Waals surface area contributed by atoms with Crippen molar-refractivity contribution in [1.82, 2.24) is 36.4 Å². The first-order valence-electron chi connectivity index (χ1n) is 45.0. The van der Waals surface area contributed by atoms with Crippen LogP contribution in [0.25, 0.3) is 5.69 Å². The standard InChI is InChI=1S/C55H67N7O7S.C46H58N4O6S/c1-36-17-27-48-44(32-36)55(4,5)50(15-11-8-10-14-49-54(2,3)45-33-40(70(66,67)68)23-28-47(45)60(49)7)61(48)31-13-9-12-16-51(63)57-29-30-58-53(65)69-35-43-41-24-20-38-34-62(59-46(38)26-25-42(41)43)39-21-18-37(19-22-39)52(64)56-6;1-32-22-24-40-37(29-32)46(4,5)42(20-14-9-13-19-41-45(2,3)38-30-33(57(53,54)55)23-25-39(38)49(41)6)50(40)28-16-10-15-21-43(51)47-26-27-48-44(52)56-31-36-34-17-11-7-8-12-18-35(34)36/h8,10-11,14-15,17-19,21-23,27-28,32-34,41-43H,9,12-13,16,20,24-26,29-31,35H2,1-7H3,(H3-,56,57,58,63,64,65,66,67,68);9,13-14,19-20,22-25,29-30,34-36H,10-12,15-18,21,26-28,31H2,1-6H3,(H2-,47,48,51,52,53,54,55)/p+2. The van der Waals surface area contributed by atoms with Gasteiger partial charge < -0.3 is 45.9 Å². The normalized spacial score (nSPS) is 21.3. The summed E-state index contributed by atoms with van der Waals surface area (Å²) in [6, 6.07) is 30.2. The van der Waals surface area contributed by atoms with Crippen LogP contribution in [0.3, 0.4) is 0 Å². The van der Waals surface area contributed by atoms with E-state index in [-0.39, 0.29) is 38.3 Å². The van der Waals surface area contributed by atoms with Crippen LogP contribution in [0.5, 0.6) is 0 Å². The number of rotatable bonds is 32. The fourth-order valence-corrected chi connectivity index (χ4v) is 21.0. The molecule has 2 saturated carbocycles. The van der Waals surface area contributed by atoms with Crippen LogP contribution in [0.1, 0.15) is 200 Å². The number of unbranched alkanes of at least 4 members (excludes halogenated alkanes) is 4. The summed E-state index contributed by atoms with van der Waals surface area (Å²) in [5.41, 5.74) is 17.9. The van der Waals surface area contributed by atoms with E-state index in [9.17, 15) is 49.9 Å². The number of ether oxygens (including phenoxy) is 2. The highest BCUT2D eigenvalue weighted by Gasteiger charge is 2.52. The number of anilines is 2. The van der Waals surface area contributed by atoms with Gasteiger partial charge in [0.15, 0.2) is 11.4 Å². The molecule has 26 heteroatoms. The van der Waals surface area contributed by atoms with Crippen LogP contribution in [0, 0.1) is 61.2 Å². The molecule has 1 aromatic heterocycles. The lowest BCUT2D eigenvalue weighted by atomic mass is 9.81. The molecule has 7 N–H and O–H groups in total. The van der Waals surface area contributed by atoms with E-state index in [1.807, 2.05) is 81.2 Å². The molecule has 2 fully saturated rings. The maximum absolute atomic E-state index is 12.7. The highest BCUT2D eigenvalue weighted by atomic mass is 32.2. The van der Waals surface area contributed by atoms with Gasteiger partial charge in [-0.05, 0) is 231 Å². The Balaban J connectivity index is 0.000000222. The smallest absolute Gasteiger partial charge is 0.407 e. The summed E-state index contributed by atoms with van der Waals surface area (Å²) in [5.74, 6) is 9.39. The predicted octanol–water partition coefficient (Wildman–Crippen LogP) is 16.3. The Bertz CT molecular complexity index is 5700. The zero-order valence-electron chi connectivity index (χ0n) is 75.9. The van der Waals surface area contributed by atoms with Gasteiger partial charge in [-0.3, -0.25) is 23.5 Å². The Labute approximate surface area is 750 Å². The van der Waals surface area contributed by atoms with Crippen LogP contribution >= 0.6 is 0 Å². The van der Waals surface area contributed by atoms with Crippen molar-refractivity contribution in [3.8, 4) is 17.5 Å². The molecule has 674 valence electrons. The van der Waals surface area contributed by atoms with Crippen molar-refractivity contribution in [1.29, 1.82) is 0 Å². The van der Waals surface area contributed by atoms with E-state index in [2.05, 4.69) is 192 Å².